The lowest BCUT2D eigenvalue weighted by Crippen LogP contribution is -2.37. The number of anilines is 2. The summed E-state index contributed by atoms with van der Waals surface area (Å²) in [6, 6.07) is 22.4. The van der Waals surface area contributed by atoms with Gasteiger partial charge in [0.2, 0.25) is 0 Å². The van der Waals surface area contributed by atoms with Crippen LogP contribution in [-0.2, 0) is 4.74 Å². The van der Waals surface area contributed by atoms with E-state index < -0.39 is 0 Å². The monoisotopic (exact) mass is 451 g/mol. The molecule has 0 unspecified atom stereocenters. The van der Waals surface area contributed by atoms with Crippen LogP contribution in [0.25, 0.3) is 27.8 Å². The molecule has 0 spiro atoms. The van der Waals surface area contributed by atoms with Crippen LogP contribution in [0.5, 0.6) is 0 Å². The maximum Gasteiger partial charge on any atom is 0.160 e. The molecule has 0 saturated carbocycles. The largest absolute Gasteiger partial charge is 0.378 e. The van der Waals surface area contributed by atoms with Crippen molar-refractivity contribution in [3.05, 3.63) is 78.0 Å². The van der Waals surface area contributed by atoms with Crippen molar-refractivity contribution >= 4 is 34.4 Å². The average Bonchev–Trinajstić information content (AvgIpc) is 3.45. The molecule has 34 heavy (non-hydrogen) atoms. The summed E-state index contributed by atoms with van der Waals surface area (Å²) in [5.41, 5.74) is 9.09. The van der Waals surface area contributed by atoms with E-state index in [2.05, 4.69) is 51.6 Å². The summed E-state index contributed by atoms with van der Waals surface area (Å²) in [6.45, 7) is 5.04. The molecule has 0 radical (unpaired) electrons. The van der Waals surface area contributed by atoms with Gasteiger partial charge in [0.25, 0.3) is 0 Å². The lowest BCUT2D eigenvalue weighted by Gasteiger charge is -2.29. The first-order chi connectivity index (χ1) is 16.8. The fourth-order valence-corrected chi connectivity index (χ4v) is 4.41. The number of aryl methyl sites for hydroxylation is 1. The molecule has 1 aliphatic rings. The van der Waals surface area contributed by atoms with Gasteiger partial charge in [-0.1, -0.05) is 48.5 Å². The van der Waals surface area contributed by atoms with Crippen molar-refractivity contribution < 1.29 is 4.74 Å². The number of rotatable bonds is 5. The Morgan fingerprint density at radius 3 is 2.68 bits per heavy atom. The average molecular weight is 452 g/mol. The SMILES string of the molecule is Cc1[nH]c2ccccc2c1C=NNc1cc(N2CCOCC2)n2nc(-c3ccccc3)cc2n1. The molecule has 6 rings (SSSR count). The van der Waals surface area contributed by atoms with Crippen molar-refractivity contribution in [2.24, 2.45) is 5.10 Å². The molecule has 2 N–H and O–H groups in total. The maximum atomic E-state index is 5.56. The molecule has 8 heteroatoms. The number of hydrogen-bond donors (Lipinski definition) is 2. The zero-order chi connectivity index (χ0) is 22.9. The topological polar surface area (TPSA) is 82.8 Å². The molecular formula is C26H25N7O. The third kappa shape index (κ3) is 3.78. The van der Waals surface area contributed by atoms with Crippen molar-refractivity contribution in [1.82, 2.24) is 19.6 Å². The van der Waals surface area contributed by atoms with E-state index in [9.17, 15) is 0 Å². The summed E-state index contributed by atoms with van der Waals surface area (Å²) in [7, 11) is 0. The number of nitrogens with one attached hydrogen (secondary N) is 2. The second kappa shape index (κ2) is 8.64. The van der Waals surface area contributed by atoms with Gasteiger partial charge in [0.05, 0.1) is 25.1 Å². The Morgan fingerprint density at radius 1 is 1.03 bits per heavy atom. The molecule has 8 nitrogen and oxygen atoms in total. The molecule has 0 amide bonds. The van der Waals surface area contributed by atoms with E-state index in [1.165, 1.54) is 0 Å². The molecule has 1 aliphatic heterocycles. The molecule has 1 fully saturated rings. The van der Waals surface area contributed by atoms with E-state index in [1.54, 1.807) is 0 Å². The number of aromatic amines is 1. The highest BCUT2D eigenvalue weighted by Gasteiger charge is 2.18. The third-order valence-corrected chi connectivity index (χ3v) is 6.13. The number of morpholine rings is 1. The zero-order valence-electron chi connectivity index (χ0n) is 18.9. The Balaban J connectivity index is 1.37. The van der Waals surface area contributed by atoms with Gasteiger partial charge < -0.3 is 14.6 Å². The fraction of sp³-hybridized carbons (Fsp3) is 0.192. The van der Waals surface area contributed by atoms with Crippen molar-refractivity contribution in [3.8, 4) is 11.3 Å². The number of aromatic nitrogens is 4. The minimum Gasteiger partial charge on any atom is -0.378 e. The summed E-state index contributed by atoms with van der Waals surface area (Å²) in [4.78, 5) is 10.5. The summed E-state index contributed by atoms with van der Waals surface area (Å²) in [5, 5.41) is 10.5. The Morgan fingerprint density at radius 2 is 1.82 bits per heavy atom. The van der Waals surface area contributed by atoms with Gasteiger partial charge in [-0.05, 0) is 13.0 Å². The molecule has 5 aromatic rings. The van der Waals surface area contributed by atoms with Crippen LogP contribution in [0.4, 0.5) is 11.6 Å². The van der Waals surface area contributed by atoms with Gasteiger partial charge in [-0.15, -0.1) is 0 Å². The van der Waals surface area contributed by atoms with E-state index in [0.717, 1.165) is 58.0 Å². The van der Waals surface area contributed by atoms with Crippen LogP contribution in [0, 0.1) is 6.92 Å². The quantitative estimate of drug-likeness (QED) is 0.304. The molecular weight excluding hydrogens is 426 g/mol. The minimum atomic E-state index is 0.669. The minimum absolute atomic E-state index is 0.669. The number of fused-ring (bicyclic) bond motifs is 2. The number of H-pyrrole nitrogens is 1. The molecule has 2 aromatic carbocycles. The fourth-order valence-electron chi connectivity index (χ4n) is 4.41. The van der Waals surface area contributed by atoms with Gasteiger partial charge in [0, 0.05) is 52.9 Å². The number of nitrogens with zero attached hydrogens (tertiary/aromatic N) is 5. The van der Waals surface area contributed by atoms with E-state index in [4.69, 9.17) is 14.8 Å². The number of hydrogen-bond acceptors (Lipinski definition) is 6. The highest BCUT2D eigenvalue weighted by molar-refractivity contribution is 6.00. The highest BCUT2D eigenvalue weighted by atomic mass is 16.5. The van der Waals surface area contributed by atoms with Crippen LogP contribution in [0.2, 0.25) is 0 Å². The highest BCUT2D eigenvalue weighted by Crippen LogP contribution is 2.26. The van der Waals surface area contributed by atoms with E-state index >= 15 is 0 Å². The normalized spacial score (nSPS) is 14.4. The standard InChI is InChI=1S/C26H25N7O/c1-18-21(20-9-5-6-10-22(20)28-18)17-27-30-24-16-26(32-11-13-34-14-12-32)33-25(29-24)15-23(31-33)19-7-3-2-4-8-19/h2-10,15-17,28H,11-14H2,1H3,(H,29,30). The molecule has 4 heterocycles. The van der Waals surface area contributed by atoms with Crippen molar-refractivity contribution in [1.29, 1.82) is 0 Å². The van der Waals surface area contributed by atoms with E-state index in [-0.39, 0.29) is 0 Å². The number of para-hydroxylation sites is 1. The van der Waals surface area contributed by atoms with Gasteiger partial charge in [-0.25, -0.2) is 4.98 Å². The summed E-state index contributed by atoms with van der Waals surface area (Å²) in [6.07, 6.45) is 1.85. The van der Waals surface area contributed by atoms with E-state index in [1.807, 2.05) is 53.2 Å². The maximum absolute atomic E-state index is 5.56. The van der Waals surface area contributed by atoms with Crippen LogP contribution in [-0.4, -0.2) is 52.1 Å². The van der Waals surface area contributed by atoms with Gasteiger partial charge >= 0.3 is 0 Å². The summed E-state index contributed by atoms with van der Waals surface area (Å²) in [5.74, 6) is 1.64. The molecule has 0 atom stereocenters. The first kappa shape index (κ1) is 20.4. The first-order valence-electron chi connectivity index (χ1n) is 11.4. The predicted molar refractivity (Wildman–Crippen MR) is 136 cm³/mol. The number of benzene rings is 2. The van der Waals surface area contributed by atoms with E-state index in [0.29, 0.717) is 19.0 Å². The van der Waals surface area contributed by atoms with Crippen LogP contribution < -0.4 is 10.3 Å². The van der Waals surface area contributed by atoms with Crippen LogP contribution in [0.1, 0.15) is 11.3 Å². The van der Waals surface area contributed by atoms with Crippen molar-refractivity contribution in [3.63, 3.8) is 0 Å². The van der Waals surface area contributed by atoms with Crippen LogP contribution in [0.3, 0.4) is 0 Å². The predicted octanol–water partition coefficient (Wildman–Crippen LogP) is 4.47. The molecule has 1 saturated heterocycles. The Labute approximate surface area is 196 Å². The van der Waals surface area contributed by atoms with Gasteiger partial charge in [-0.2, -0.15) is 14.7 Å². The summed E-state index contributed by atoms with van der Waals surface area (Å²) < 4.78 is 7.47. The number of hydrazone groups is 1. The molecule has 3 aromatic heterocycles. The van der Waals surface area contributed by atoms with Crippen molar-refractivity contribution in [2.75, 3.05) is 36.6 Å². The van der Waals surface area contributed by atoms with Gasteiger partial charge in [-0.3, -0.25) is 5.43 Å². The second-order valence-corrected chi connectivity index (χ2v) is 8.34. The summed E-state index contributed by atoms with van der Waals surface area (Å²) >= 11 is 0. The Kier molecular flexibility index (Phi) is 5.20. The van der Waals surface area contributed by atoms with Crippen LogP contribution in [0.15, 0.2) is 71.8 Å². The number of ether oxygens (including phenoxy) is 1. The lowest BCUT2D eigenvalue weighted by atomic mass is 10.1. The molecule has 0 aliphatic carbocycles. The Hall–Kier alpha value is -4.17. The smallest absolute Gasteiger partial charge is 0.160 e. The zero-order valence-corrected chi connectivity index (χ0v) is 18.9. The Bertz CT molecular complexity index is 1480. The van der Waals surface area contributed by atoms with Crippen molar-refractivity contribution in [2.45, 2.75) is 6.92 Å². The van der Waals surface area contributed by atoms with Gasteiger partial charge in [0.1, 0.15) is 5.82 Å². The van der Waals surface area contributed by atoms with Gasteiger partial charge in [0.15, 0.2) is 11.5 Å². The second-order valence-electron chi connectivity index (χ2n) is 8.34. The third-order valence-electron chi connectivity index (χ3n) is 6.13. The lowest BCUT2D eigenvalue weighted by molar-refractivity contribution is 0.122. The van der Waals surface area contributed by atoms with Crippen LogP contribution >= 0.6 is 0 Å². The molecule has 170 valence electrons. The first-order valence-corrected chi connectivity index (χ1v) is 11.4. The molecule has 0 bridgehead atoms.